The van der Waals surface area contributed by atoms with Gasteiger partial charge in [-0.25, -0.2) is 0 Å². The fraction of sp³-hybridized carbons (Fsp3) is 0.909. The molecule has 1 aliphatic heterocycles. The lowest BCUT2D eigenvalue weighted by atomic mass is 9.70. The van der Waals surface area contributed by atoms with E-state index in [2.05, 4.69) is 18.1 Å². The number of aliphatic imine (C=N–C) groups is 1. The van der Waals surface area contributed by atoms with Crippen LogP contribution in [0.25, 0.3) is 0 Å². The van der Waals surface area contributed by atoms with Crippen LogP contribution in [-0.2, 0) is 0 Å². The second-order valence-electron chi connectivity index (χ2n) is 4.64. The third-order valence-corrected chi connectivity index (χ3v) is 3.65. The van der Waals surface area contributed by atoms with Gasteiger partial charge in [0.2, 0.25) is 0 Å². The smallest absolute Gasteiger partial charge is 0.0552 e. The Labute approximate surface area is 75.3 Å². The number of rotatable bonds is 1. The molecule has 1 fully saturated rings. The molecule has 0 aromatic heterocycles. The van der Waals surface area contributed by atoms with Crippen LogP contribution >= 0.6 is 0 Å². The van der Waals surface area contributed by atoms with Crippen molar-refractivity contribution in [1.82, 2.24) is 0 Å². The predicted molar refractivity (Wildman–Crippen MR) is 52.7 cm³/mol. The van der Waals surface area contributed by atoms with Gasteiger partial charge < -0.3 is 0 Å². The lowest BCUT2D eigenvalue weighted by Gasteiger charge is -2.37. The standard InChI is InChI=1S/C11H19N/c1-11(7-3-2-4-8-11)10-6-5-9-12-10/h9-10H,2-8H2,1H3. The molecule has 1 unspecified atom stereocenters. The van der Waals surface area contributed by atoms with E-state index in [1.165, 1.54) is 44.9 Å². The van der Waals surface area contributed by atoms with Gasteiger partial charge in [0.15, 0.2) is 0 Å². The van der Waals surface area contributed by atoms with Crippen LogP contribution in [0.5, 0.6) is 0 Å². The quantitative estimate of drug-likeness (QED) is 0.566. The molecule has 0 N–H and O–H groups in total. The summed E-state index contributed by atoms with van der Waals surface area (Å²) in [5.74, 6) is 0. The van der Waals surface area contributed by atoms with Crippen molar-refractivity contribution in [2.45, 2.75) is 57.9 Å². The molecule has 0 aromatic rings. The maximum absolute atomic E-state index is 4.61. The maximum Gasteiger partial charge on any atom is 0.0552 e. The average molecular weight is 165 g/mol. The maximum atomic E-state index is 4.61. The molecule has 1 heterocycles. The van der Waals surface area contributed by atoms with Crippen molar-refractivity contribution in [3.8, 4) is 0 Å². The highest BCUT2D eigenvalue weighted by molar-refractivity contribution is 5.60. The Morgan fingerprint density at radius 3 is 2.58 bits per heavy atom. The Hall–Kier alpha value is -0.330. The molecular formula is C11H19N. The third-order valence-electron chi connectivity index (χ3n) is 3.65. The van der Waals surface area contributed by atoms with E-state index >= 15 is 0 Å². The number of hydrogen-bond acceptors (Lipinski definition) is 1. The third kappa shape index (κ3) is 1.41. The molecule has 0 aromatic carbocycles. The van der Waals surface area contributed by atoms with Crippen molar-refractivity contribution in [2.24, 2.45) is 10.4 Å². The van der Waals surface area contributed by atoms with E-state index < -0.39 is 0 Å². The van der Waals surface area contributed by atoms with Crippen molar-refractivity contribution in [1.29, 1.82) is 0 Å². The molecule has 2 rings (SSSR count). The van der Waals surface area contributed by atoms with Crippen molar-refractivity contribution in [3.63, 3.8) is 0 Å². The molecule has 0 saturated heterocycles. The molecule has 0 spiro atoms. The van der Waals surface area contributed by atoms with Crippen LogP contribution < -0.4 is 0 Å². The summed E-state index contributed by atoms with van der Waals surface area (Å²) in [6.45, 7) is 2.44. The fourth-order valence-electron chi connectivity index (χ4n) is 2.73. The van der Waals surface area contributed by atoms with Crippen LogP contribution in [0, 0.1) is 5.41 Å². The Balaban J connectivity index is 2.02. The molecule has 1 heteroatoms. The van der Waals surface area contributed by atoms with E-state index in [-0.39, 0.29) is 0 Å². The molecule has 0 radical (unpaired) electrons. The molecule has 1 saturated carbocycles. The summed E-state index contributed by atoms with van der Waals surface area (Å²) in [5.41, 5.74) is 0.561. The van der Waals surface area contributed by atoms with Crippen molar-refractivity contribution in [3.05, 3.63) is 0 Å². The van der Waals surface area contributed by atoms with E-state index in [0.717, 1.165) is 0 Å². The van der Waals surface area contributed by atoms with Crippen LogP contribution in [0.1, 0.15) is 51.9 Å². The minimum atomic E-state index is 0.561. The van der Waals surface area contributed by atoms with E-state index in [4.69, 9.17) is 0 Å². The molecule has 0 amide bonds. The Morgan fingerprint density at radius 2 is 2.00 bits per heavy atom. The zero-order valence-electron chi connectivity index (χ0n) is 8.05. The highest BCUT2D eigenvalue weighted by atomic mass is 14.8. The lowest BCUT2D eigenvalue weighted by molar-refractivity contribution is 0.171. The van der Waals surface area contributed by atoms with Gasteiger partial charge in [-0.15, -0.1) is 0 Å². The first-order valence-electron chi connectivity index (χ1n) is 5.33. The van der Waals surface area contributed by atoms with E-state index in [1.54, 1.807) is 0 Å². The lowest BCUT2D eigenvalue weighted by Crippen LogP contribution is -2.31. The Morgan fingerprint density at radius 1 is 1.25 bits per heavy atom. The predicted octanol–water partition coefficient (Wildman–Crippen LogP) is 3.19. The topological polar surface area (TPSA) is 12.4 Å². The monoisotopic (exact) mass is 165 g/mol. The minimum Gasteiger partial charge on any atom is -0.294 e. The largest absolute Gasteiger partial charge is 0.294 e. The summed E-state index contributed by atoms with van der Waals surface area (Å²) in [5, 5.41) is 0. The van der Waals surface area contributed by atoms with Crippen molar-refractivity contribution >= 4 is 6.21 Å². The molecule has 1 aliphatic carbocycles. The van der Waals surface area contributed by atoms with Crippen LogP contribution in [-0.4, -0.2) is 12.3 Å². The second-order valence-corrected chi connectivity index (χ2v) is 4.64. The molecule has 1 atom stereocenters. The van der Waals surface area contributed by atoms with Gasteiger partial charge in [-0.05, 0) is 37.3 Å². The first-order valence-corrected chi connectivity index (χ1v) is 5.33. The second kappa shape index (κ2) is 3.20. The van der Waals surface area contributed by atoms with Gasteiger partial charge >= 0.3 is 0 Å². The van der Waals surface area contributed by atoms with Gasteiger partial charge in [-0.3, -0.25) is 4.99 Å². The SMILES string of the molecule is CC1(C2CCC=N2)CCCCC1. The number of nitrogens with zero attached hydrogens (tertiary/aromatic N) is 1. The normalized spacial score (nSPS) is 33.9. The van der Waals surface area contributed by atoms with Gasteiger partial charge in [0, 0.05) is 0 Å². The molecule has 1 nitrogen and oxygen atoms in total. The minimum absolute atomic E-state index is 0.561. The van der Waals surface area contributed by atoms with Crippen LogP contribution in [0.15, 0.2) is 4.99 Å². The van der Waals surface area contributed by atoms with E-state index in [1.807, 2.05) is 0 Å². The van der Waals surface area contributed by atoms with Gasteiger partial charge in [0.05, 0.1) is 6.04 Å². The average Bonchev–Trinajstić information content (AvgIpc) is 2.58. The molecule has 2 aliphatic rings. The first kappa shape index (κ1) is 8.28. The van der Waals surface area contributed by atoms with E-state index in [9.17, 15) is 0 Å². The first-order chi connectivity index (χ1) is 5.81. The highest BCUT2D eigenvalue weighted by Gasteiger charge is 2.35. The summed E-state index contributed by atoms with van der Waals surface area (Å²) in [6.07, 6.45) is 11.8. The van der Waals surface area contributed by atoms with E-state index in [0.29, 0.717) is 11.5 Å². The summed E-state index contributed by atoms with van der Waals surface area (Å²) in [6, 6.07) is 0.665. The van der Waals surface area contributed by atoms with Crippen LogP contribution in [0.4, 0.5) is 0 Å². The summed E-state index contributed by atoms with van der Waals surface area (Å²) in [7, 11) is 0. The summed E-state index contributed by atoms with van der Waals surface area (Å²) >= 11 is 0. The van der Waals surface area contributed by atoms with Gasteiger partial charge in [0.1, 0.15) is 0 Å². The van der Waals surface area contributed by atoms with Gasteiger partial charge in [-0.1, -0.05) is 26.2 Å². The fourth-order valence-corrected chi connectivity index (χ4v) is 2.73. The van der Waals surface area contributed by atoms with Crippen LogP contribution in [0.3, 0.4) is 0 Å². The summed E-state index contributed by atoms with van der Waals surface area (Å²) < 4.78 is 0. The van der Waals surface area contributed by atoms with Gasteiger partial charge in [0.25, 0.3) is 0 Å². The van der Waals surface area contributed by atoms with Crippen LogP contribution in [0.2, 0.25) is 0 Å². The Kier molecular flexibility index (Phi) is 2.20. The molecule has 0 bridgehead atoms. The molecular weight excluding hydrogens is 146 g/mol. The molecule has 12 heavy (non-hydrogen) atoms. The zero-order valence-corrected chi connectivity index (χ0v) is 8.05. The zero-order chi connectivity index (χ0) is 8.44. The summed E-state index contributed by atoms with van der Waals surface area (Å²) in [4.78, 5) is 4.61. The van der Waals surface area contributed by atoms with Crippen molar-refractivity contribution in [2.75, 3.05) is 0 Å². The molecule has 68 valence electrons. The highest BCUT2D eigenvalue weighted by Crippen LogP contribution is 2.42. The Bertz CT molecular complexity index is 177. The number of hydrogen-bond donors (Lipinski definition) is 0. The van der Waals surface area contributed by atoms with Gasteiger partial charge in [-0.2, -0.15) is 0 Å². The van der Waals surface area contributed by atoms with Crippen molar-refractivity contribution < 1.29 is 0 Å².